The van der Waals surface area contributed by atoms with Crippen molar-refractivity contribution in [2.24, 2.45) is 11.8 Å². The molecule has 100 valence electrons. The van der Waals surface area contributed by atoms with Gasteiger partial charge in [-0.15, -0.1) is 0 Å². The van der Waals surface area contributed by atoms with E-state index >= 15 is 0 Å². The second kappa shape index (κ2) is 5.68. The van der Waals surface area contributed by atoms with Gasteiger partial charge in [-0.1, -0.05) is 13.3 Å². The van der Waals surface area contributed by atoms with Crippen LogP contribution in [-0.4, -0.2) is 36.4 Å². The van der Waals surface area contributed by atoms with E-state index in [1.54, 1.807) is 0 Å². The van der Waals surface area contributed by atoms with Crippen LogP contribution in [-0.2, 0) is 0 Å². The minimum Gasteiger partial charge on any atom is -0.388 e. The van der Waals surface area contributed by atoms with Crippen LogP contribution in [0.1, 0.15) is 46.0 Å². The van der Waals surface area contributed by atoms with Crippen molar-refractivity contribution in [2.45, 2.75) is 57.6 Å². The van der Waals surface area contributed by atoms with Crippen LogP contribution >= 0.6 is 0 Å². The Bertz CT molecular complexity index is 236. The summed E-state index contributed by atoms with van der Waals surface area (Å²) in [6.07, 6.45) is 6.02. The van der Waals surface area contributed by atoms with Crippen molar-refractivity contribution in [1.29, 1.82) is 0 Å². The SMILES string of the molecule is CCC1CCNC(C(C)(O)C2CCCNC2)C1. The summed E-state index contributed by atoms with van der Waals surface area (Å²) in [7, 11) is 0. The molecular weight excluding hydrogens is 212 g/mol. The van der Waals surface area contributed by atoms with E-state index in [4.69, 9.17) is 0 Å². The Labute approximate surface area is 105 Å². The standard InChI is InChI=1S/C14H28N2O/c1-3-11-6-8-16-13(9-11)14(2,17)12-5-4-7-15-10-12/h11-13,15-17H,3-10H2,1-2H3. The van der Waals surface area contributed by atoms with Crippen molar-refractivity contribution in [3.05, 3.63) is 0 Å². The van der Waals surface area contributed by atoms with Crippen LogP contribution in [0.5, 0.6) is 0 Å². The zero-order chi connectivity index (χ0) is 12.3. The van der Waals surface area contributed by atoms with Crippen molar-refractivity contribution in [3.8, 4) is 0 Å². The summed E-state index contributed by atoms with van der Waals surface area (Å²) in [4.78, 5) is 0. The van der Waals surface area contributed by atoms with Gasteiger partial charge in [0.2, 0.25) is 0 Å². The number of hydrogen-bond acceptors (Lipinski definition) is 3. The zero-order valence-electron chi connectivity index (χ0n) is 11.3. The third-order valence-corrected chi connectivity index (χ3v) is 4.92. The average molecular weight is 240 g/mol. The summed E-state index contributed by atoms with van der Waals surface area (Å²) < 4.78 is 0. The first-order chi connectivity index (χ1) is 8.14. The Morgan fingerprint density at radius 2 is 2.12 bits per heavy atom. The predicted octanol–water partition coefficient (Wildman–Crippen LogP) is 1.52. The van der Waals surface area contributed by atoms with Gasteiger partial charge in [0, 0.05) is 18.5 Å². The monoisotopic (exact) mass is 240 g/mol. The van der Waals surface area contributed by atoms with E-state index in [1.807, 2.05) is 6.92 Å². The van der Waals surface area contributed by atoms with E-state index in [9.17, 15) is 5.11 Å². The zero-order valence-corrected chi connectivity index (χ0v) is 11.3. The Kier molecular flexibility index (Phi) is 4.45. The minimum absolute atomic E-state index is 0.283. The van der Waals surface area contributed by atoms with Crippen molar-refractivity contribution in [1.82, 2.24) is 10.6 Å². The van der Waals surface area contributed by atoms with Crippen molar-refractivity contribution < 1.29 is 5.11 Å². The van der Waals surface area contributed by atoms with Gasteiger partial charge in [0.25, 0.3) is 0 Å². The van der Waals surface area contributed by atoms with Gasteiger partial charge < -0.3 is 15.7 Å². The molecule has 2 saturated heterocycles. The van der Waals surface area contributed by atoms with E-state index in [0.717, 1.165) is 38.4 Å². The highest BCUT2D eigenvalue weighted by Gasteiger charge is 2.41. The molecule has 0 amide bonds. The van der Waals surface area contributed by atoms with Gasteiger partial charge in [-0.2, -0.15) is 0 Å². The lowest BCUT2D eigenvalue weighted by Crippen LogP contribution is -2.59. The normalized spacial score (nSPS) is 38.6. The second-order valence-corrected chi connectivity index (χ2v) is 6.07. The third kappa shape index (κ3) is 3.01. The highest BCUT2D eigenvalue weighted by Crippen LogP contribution is 2.33. The van der Waals surface area contributed by atoms with E-state index in [2.05, 4.69) is 17.6 Å². The van der Waals surface area contributed by atoms with Crippen LogP contribution in [0, 0.1) is 11.8 Å². The van der Waals surface area contributed by atoms with Crippen LogP contribution in [0.4, 0.5) is 0 Å². The van der Waals surface area contributed by atoms with Gasteiger partial charge in [0.15, 0.2) is 0 Å². The first-order valence-corrected chi connectivity index (χ1v) is 7.31. The average Bonchev–Trinajstić information content (AvgIpc) is 2.40. The summed E-state index contributed by atoms with van der Waals surface area (Å²) in [6.45, 7) is 7.47. The molecule has 4 atom stereocenters. The third-order valence-electron chi connectivity index (χ3n) is 4.92. The first kappa shape index (κ1) is 13.3. The van der Waals surface area contributed by atoms with Gasteiger partial charge >= 0.3 is 0 Å². The fourth-order valence-electron chi connectivity index (χ4n) is 3.45. The molecule has 3 N–H and O–H groups in total. The molecule has 0 aromatic rings. The smallest absolute Gasteiger partial charge is 0.0812 e. The molecule has 2 fully saturated rings. The fraction of sp³-hybridized carbons (Fsp3) is 1.00. The van der Waals surface area contributed by atoms with E-state index in [0.29, 0.717) is 5.92 Å². The molecule has 2 rings (SSSR count). The maximum atomic E-state index is 10.9. The van der Waals surface area contributed by atoms with Crippen LogP contribution in [0.3, 0.4) is 0 Å². The quantitative estimate of drug-likeness (QED) is 0.701. The summed E-state index contributed by atoms with van der Waals surface area (Å²) in [5.74, 6) is 1.20. The number of nitrogens with one attached hydrogen (secondary N) is 2. The molecule has 0 aliphatic carbocycles. The van der Waals surface area contributed by atoms with Crippen molar-refractivity contribution in [3.63, 3.8) is 0 Å². The first-order valence-electron chi connectivity index (χ1n) is 7.31. The summed E-state index contributed by atoms with van der Waals surface area (Å²) in [5, 5.41) is 17.8. The van der Waals surface area contributed by atoms with Gasteiger partial charge in [0.05, 0.1) is 5.60 Å². The van der Waals surface area contributed by atoms with Crippen molar-refractivity contribution in [2.75, 3.05) is 19.6 Å². The Hall–Kier alpha value is -0.120. The van der Waals surface area contributed by atoms with E-state index in [-0.39, 0.29) is 6.04 Å². The molecule has 3 heteroatoms. The minimum atomic E-state index is -0.554. The van der Waals surface area contributed by atoms with Gasteiger partial charge in [-0.3, -0.25) is 0 Å². The molecule has 2 heterocycles. The van der Waals surface area contributed by atoms with E-state index < -0.39 is 5.60 Å². The summed E-state index contributed by atoms with van der Waals surface area (Å²) in [5.41, 5.74) is -0.554. The Balaban J connectivity index is 1.97. The second-order valence-electron chi connectivity index (χ2n) is 6.07. The molecule has 17 heavy (non-hydrogen) atoms. The predicted molar refractivity (Wildman–Crippen MR) is 71.0 cm³/mol. The number of rotatable bonds is 3. The highest BCUT2D eigenvalue weighted by atomic mass is 16.3. The summed E-state index contributed by atoms with van der Waals surface area (Å²) in [6, 6.07) is 0.283. The molecule has 0 saturated carbocycles. The molecule has 0 aromatic heterocycles. The molecule has 4 unspecified atom stereocenters. The Morgan fingerprint density at radius 1 is 1.29 bits per heavy atom. The molecule has 3 nitrogen and oxygen atoms in total. The van der Waals surface area contributed by atoms with Crippen LogP contribution in [0.2, 0.25) is 0 Å². The molecule has 0 bridgehead atoms. The summed E-state index contributed by atoms with van der Waals surface area (Å²) >= 11 is 0. The highest BCUT2D eigenvalue weighted by molar-refractivity contribution is 4.97. The van der Waals surface area contributed by atoms with E-state index in [1.165, 1.54) is 19.3 Å². The molecule has 2 aliphatic heterocycles. The molecule has 0 spiro atoms. The largest absolute Gasteiger partial charge is 0.388 e. The number of aliphatic hydroxyl groups is 1. The van der Waals surface area contributed by atoms with Gasteiger partial charge in [0.1, 0.15) is 0 Å². The molecule has 0 radical (unpaired) electrons. The van der Waals surface area contributed by atoms with Crippen LogP contribution in [0.15, 0.2) is 0 Å². The fourth-order valence-corrected chi connectivity index (χ4v) is 3.45. The van der Waals surface area contributed by atoms with Crippen LogP contribution < -0.4 is 10.6 Å². The molecule has 2 aliphatic rings. The Morgan fingerprint density at radius 3 is 2.76 bits per heavy atom. The maximum absolute atomic E-state index is 10.9. The van der Waals surface area contributed by atoms with Crippen LogP contribution in [0.25, 0.3) is 0 Å². The molecular formula is C14H28N2O. The van der Waals surface area contributed by atoms with Crippen molar-refractivity contribution >= 4 is 0 Å². The maximum Gasteiger partial charge on any atom is 0.0812 e. The topological polar surface area (TPSA) is 44.3 Å². The lowest BCUT2D eigenvalue weighted by atomic mass is 9.73. The lowest BCUT2D eigenvalue weighted by molar-refractivity contribution is -0.0550. The number of hydrogen-bond donors (Lipinski definition) is 3. The molecule has 0 aromatic carbocycles. The van der Waals surface area contributed by atoms with Gasteiger partial charge in [-0.25, -0.2) is 0 Å². The number of piperidine rings is 2. The lowest BCUT2D eigenvalue weighted by Gasteiger charge is -2.45. The van der Waals surface area contributed by atoms with Gasteiger partial charge in [-0.05, 0) is 51.6 Å².